The van der Waals surface area contributed by atoms with E-state index >= 15 is 0 Å². The number of rotatable bonds is 6. The molecule has 1 aromatic heterocycles. The molecule has 6 rings (SSSR count). The van der Waals surface area contributed by atoms with Gasteiger partial charge in [-0.15, -0.1) is 0 Å². The lowest BCUT2D eigenvalue weighted by molar-refractivity contribution is -0.116. The summed E-state index contributed by atoms with van der Waals surface area (Å²) in [6, 6.07) is 12.2. The quantitative estimate of drug-likeness (QED) is 0.482. The number of fused-ring (bicyclic) bond motifs is 4. The highest BCUT2D eigenvalue weighted by Crippen LogP contribution is 2.54. The van der Waals surface area contributed by atoms with Crippen LogP contribution in [0.25, 0.3) is 0 Å². The van der Waals surface area contributed by atoms with E-state index < -0.39 is 0 Å². The molecule has 2 aromatic carbocycles. The van der Waals surface area contributed by atoms with Gasteiger partial charge in [0.25, 0.3) is 0 Å². The van der Waals surface area contributed by atoms with Crippen molar-refractivity contribution in [3.05, 3.63) is 59.8 Å². The third-order valence-corrected chi connectivity index (χ3v) is 6.60. The van der Waals surface area contributed by atoms with E-state index in [4.69, 9.17) is 18.9 Å². The van der Waals surface area contributed by atoms with Crippen molar-refractivity contribution in [1.82, 2.24) is 10.3 Å². The summed E-state index contributed by atoms with van der Waals surface area (Å²) in [6.07, 6.45) is 2.47. The molecule has 0 saturated heterocycles. The molecule has 1 aliphatic carbocycles. The molecule has 10 heteroatoms. The summed E-state index contributed by atoms with van der Waals surface area (Å²) in [5.74, 6) is 3.76. The highest BCUT2D eigenvalue weighted by atomic mass is 16.5. The van der Waals surface area contributed by atoms with Crippen LogP contribution in [0.4, 0.5) is 16.3 Å². The predicted octanol–water partition coefficient (Wildman–Crippen LogP) is 3.82. The first-order chi connectivity index (χ1) is 17.5. The normalized spacial score (nSPS) is 20.6. The summed E-state index contributed by atoms with van der Waals surface area (Å²) in [6.45, 7) is 0. The number of aromatic nitrogens is 1. The molecular formula is C26H24N4O6. The van der Waals surface area contributed by atoms with Crippen LogP contribution in [-0.4, -0.2) is 43.3 Å². The summed E-state index contributed by atoms with van der Waals surface area (Å²) in [7, 11) is 3.10. The molecule has 0 bridgehead atoms. The van der Waals surface area contributed by atoms with Crippen LogP contribution in [0.3, 0.4) is 0 Å². The maximum Gasteiger partial charge on any atom is 0.319 e. The Labute approximate surface area is 206 Å². The van der Waals surface area contributed by atoms with E-state index in [1.807, 2.05) is 18.2 Å². The molecule has 1 saturated carbocycles. The summed E-state index contributed by atoms with van der Waals surface area (Å²) < 4.78 is 22.7. The van der Waals surface area contributed by atoms with E-state index in [0.717, 1.165) is 16.9 Å². The van der Waals surface area contributed by atoms with Gasteiger partial charge >= 0.3 is 6.03 Å². The largest absolute Gasteiger partial charge is 0.493 e. The van der Waals surface area contributed by atoms with Crippen molar-refractivity contribution in [3.63, 3.8) is 0 Å². The van der Waals surface area contributed by atoms with Crippen molar-refractivity contribution in [1.29, 1.82) is 0 Å². The molecule has 0 spiro atoms. The van der Waals surface area contributed by atoms with Crippen LogP contribution < -0.4 is 34.9 Å². The van der Waals surface area contributed by atoms with E-state index in [1.54, 1.807) is 44.7 Å². The Kier molecular flexibility index (Phi) is 5.28. The fourth-order valence-electron chi connectivity index (χ4n) is 4.79. The first kappa shape index (κ1) is 22.0. The smallest absolute Gasteiger partial charge is 0.319 e. The Morgan fingerprint density at radius 3 is 2.75 bits per heavy atom. The van der Waals surface area contributed by atoms with Crippen LogP contribution in [0, 0.1) is 0 Å². The molecule has 3 N–H and O–H groups in total. The van der Waals surface area contributed by atoms with E-state index in [-0.39, 0.29) is 30.0 Å². The van der Waals surface area contributed by atoms with Gasteiger partial charge in [-0.05, 0) is 42.8 Å². The zero-order chi connectivity index (χ0) is 24.8. The van der Waals surface area contributed by atoms with Gasteiger partial charge in [0.15, 0.2) is 11.5 Å². The van der Waals surface area contributed by atoms with Gasteiger partial charge in [0.05, 0.1) is 26.2 Å². The number of hydrogen-bond donors (Lipinski definition) is 3. The Morgan fingerprint density at radius 1 is 1.06 bits per heavy atom. The number of anilines is 2. The molecule has 3 aromatic rings. The van der Waals surface area contributed by atoms with E-state index in [2.05, 4.69) is 20.9 Å². The minimum absolute atomic E-state index is 0.0460. The summed E-state index contributed by atoms with van der Waals surface area (Å²) >= 11 is 0. The second-order valence-electron chi connectivity index (χ2n) is 8.79. The number of urea groups is 1. The maximum atomic E-state index is 12.6. The van der Waals surface area contributed by atoms with Crippen molar-refractivity contribution in [2.24, 2.45) is 0 Å². The van der Waals surface area contributed by atoms with E-state index in [0.29, 0.717) is 47.3 Å². The lowest BCUT2D eigenvalue weighted by Gasteiger charge is -2.19. The number of amides is 3. The molecule has 36 heavy (non-hydrogen) atoms. The van der Waals surface area contributed by atoms with Gasteiger partial charge in [-0.25, -0.2) is 9.78 Å². The Balaban J connectivity index is 1.13. The third kappa shape index (κ3) is 3.90. The molecule has 2 aliphatic heterocycles. The zero-order valence-electron chi connectivity index (χ0n) is 19.7. The van der Waals surface area contributed by atoms with Gasteiger partial charge in [0.2, 0.25) is 5.91 Å². The molecular weight excluding hydrogens is 464 g/mol. The average Bonchev–Trinajstić information content (AvgIpc) is 3.39. The number of pyridine rings is 1. The number of carbonyl (C=O) groups is 2. The molecule has 3 atom stereocenters. The van der Waals surface area contributed by atoms with Crippen molar-refractivity contribution < 1.29 is 28.5 Å². The maximum absolute atomic E-state index is 12.6. The minimum Gasteiger partial charge on any atom is -0.493 e. The average molecular weight is 489 g/mol. The Hall–Kier alpha value is -4.47. The number of benzene rings is 2. The summed E-state index contributed by atoms with van der Waals surface area (Å²) in [5.41, 5.74) is 2.46. The van der Waals surface area contributed by atoms with Gasteiger partial charge in [-0.2, -0.15) is 0 Å². The molecule has 184 valence electrons. The van der Waals surface area contributed by atoms with Crippen molar-refractivity contribution in [2.75, 3.05) is 24.9 Å². The van der Waals surface area contributed by atoms with Crippen LogP contribution in [0.5, 0.6) is 28.7 Å². The van der Waals surface area contributed by atoms with Crippen LogP contribution in [0.1, 0.15) is 23.5 Å². The van der Waals surface area contributed by atoms with Crippen LogP contribution in [0.2, 0.25) is 0 Å². The monoisotopic (exact) mass is 488 g/mol. The van der Waals surface area contributed by atoms with Gasteiger partial charge < -0.3 is 34.9 Å². The second-order valence-corrected chi connectivity index (χ2v) is 8.79. The SMILES string of the molecule is COc1ccc(NC(=O)N[C@H]2[C@H]3Oc4ccc(Oc5ccnc6c5CCC(=O)N6)cc4[C@@H]23)cc1OC. The Bertz CT molecular complexity index is 1380. The molecule has 0 radical (unpaired) electrons. The third-order valence-electron chi connectivity index (χ3n) is 6.60. The number of nitrogens with zero attached hydrogens (tertiary/aromatic N) is 1. The zero-order valence-corrected chi connectivity index (χ0v) is 19.7. The lowest BCUT2D eigenvalue weighted by atomic mass is 10.1. The number of carbonyl (C=O) groups excluding carboxylic acids is 2. The summed E-state index contributed by atoms with van der Waals surface area (Å²) in [4.78, 5) is 28.5. The van der Waals surface area contributed by atoms with Gasteiger partial charge in [-0.1, -0.05) is 0 Å². The Morgan fingerprint density at radius 2 is 1.92 bits per heavy atom. The molecule has 1 fully saturated rings. The van der Waals surface area contributed by atoms with Crippen molar-refractivity contribution in [3.8, 4) is 28.7 Å². The van der Waals surface area contributed by atoms with E-state index in [1.165, 1.54) is 0 Å². The van der Waals surface area contributed by atoms with Crippen LogP contribution in [0.15, 0.2) is 48.7 Å². The first-order valence-electron chi connectivity index (χ1n) is 11.6. The number of ether oxygens (including phenoxy) is 4. The van der Waals surface area contributed by atoms with Gasteiger partial charge in [0.1, 0.15) is 29.2 Å². The molecule has 3 amide bonds. The molecule has 10 nitrogen and oxygen atoms in total. The topological polar surface area (TPSA) is 120 Å². The van der Waals surface area contributed by atoms with Crippen molar-refractivity contribution in [2.45, 2.75) is 30.9 Å². The van der Waals surface area contributed by atoms with Crippen LogP contribution >= 0.6 is 0 Å². The molecule has 0 unspecified atom stereocenters. The van der Waals surface area contributed by atoms with Gasteiger partial charge in [-0.3, -0.25) is 4.79 Å². The van der Waals surface area contributed by atoms with Gasteiger partial charge in [0, 0.05) is 35.5 Å². The minimum atomic E-state index is -0.329. The van der Waals surface area contributed by atoms with E-state index in [9.17, 15) is 9.59 Å². The summed E-state index contributed by atoms with van der Waals surface area (Å²) in [5, 5.41) is 8.60. The lowest BCUT2D eigenvalue weighted by Crippen LogP contribution is -2.34. The highest BCUT2D eigenvalue weighted by Gasteiger charge is 2.59. The highest BCUT2D eigenvalue weighted by molar-refractivity contribution is 5.93. The second kappa shape index (κ2) is 8.63. The number of nitrogens with one attached hydrogen (secondary N) is 3. The fraction of sp³-hybridized carbons (Fsp3) is 0.269. The van der Waals surface area contributed by atoms with Crippen molar-refractivity contribution >= 4 is 23.4 Å². The number of methoxy groups -OCH3 is 2. The molecule has 3 heterocycles. The standard InChI is InChI=1S/C26H24N4O6/c1-33-19-6-3-13(11-20(19)34-2)28-26(32)30-23-22-16-12-14(4-7-17(16)36-24(22)23)35-18-9-10-27-25-15(18)5-8-21(31)29-25/h3-4,6-7,9-12,22-24H,5,8H2,1-2H3,(H,27,29,31)(H2,28,30,32)/t22-,23+,24-/m0/s1. The molecule has 3 aliphatic rings. The van der Waals surface area contributed by atoms with Crippen LogP contribution in [-0.2, 0) is 11.2 Å². The first-order valence-corrected chi connectivity index (χ1v) is 11.6. The number of hydrogen-bond acceptors (Lipinski definition) is 7. The predicted molar refractivity (Wildman–Crippen MR) is 130 cm³/mol. The fourth-order valence-corrected chi connectivity index (χ4v) is 4.79.